The summed E-state index contributed by atoms with van der Waals surface area (Å²) in [6.07, 6.45) is 4.19. The molecule has 2 amide bonds. The van der Waals surface area contributed by atoms with E-state index >= 15 is 0 Å². The maximum atomic E-state index is 12.7. The van der Waals surface area contributed by atoms with Crippen molar-refractivity contribution in [2.24, 2.45) is 0 Å². The van der Waals surface area contributed by atoms with E-state index < -0.39 is 5.97 Å². The van der Waals surface area contributed by atoms with Crippen LogP contribution in [-0.4, -0.2) is 30.6 Å². The number of carbonyl (C=O) groups is 3. The van der Waals surface area contributed by atoms with E-state index in [4.69, 9.17) is 4.74 Å². The molecule has 0 aliphatic heterocycles. The lowest BCUT2D eigenvalue weighted by Gasteiger charge is -2.11. The minimum atomic E-state index is -0.402. The summed E-state index contributed by atoms with van der Waals surface area (Å²) < 4.78 is 4.97. The number of amides is 2. The fourth-order valence-corrected chi connectivity index (χ4v) is 5.98. The summed E-state index contributed by atoms with van der Waals surface area (Å²) in [5, 5.41) is 6.40. The highest BCUT2D eigenvalue weighted by molar-refractivity contribution is 8.00. The van der Waals surface area contributed by atoms with E-state index in [1.54, 1.807) is 0 Å². The number of rotatable bonds is 8. The second-order valence-corrected chi connectivity index (χ2v) is 10.1. The summed E-state index contributed by atoms with van der Waals surface area (Å²) >= 11 is 2.85. The van der Waals surface area contributed by atoms with Gasteiger partial charge in [-0.15, -0.1) is 23.1 Å². The van der Waals surface area contributed by atoms with Crippen LogP contribution in [0.15, 0.2) is 59.5 Å². The minimum Gasteiger partial charge on any atom is -0.465 e. The molecule has 0 fully saturated rings. The number of fused-ring (bicyclic) bond motifs is 1. The van der Waals surface area contributed by atoms with Gasteiger partial charge in [-0.25, -0.2) is 4.79 Å². The average molecular weight is 495 g/mol. The lowest BCUT2D eigenvalue weighted by molar-refractivity contribution is -0.115. The number of thioether (sulfide) groups is 1. The number of nitrogens with one attached hydrogen (secondary N) is 2. The molecule has 0 spiro atoms. The van der Waals surface area contributed by atoms with Crippen LogP contribution in [-0.2, 0) is 33.6 Å². The first-order chi connectivity index (χ1) is 16.5. The number of thiophene rings is 1. The van der Waals surface area contributed by atoms with Crippen molar-refractivity contribution in [3.63, 3.8) is 0 Å². The first-order valence-electron chi connectivity index (χ1n) is 11.1. The van der Waals surface area contributed by atoms with Crippen molar-refractivity contribution < 1.29 is 19.1 Å². The number of carbonyl (C=O) groups excluding carboxylic acids is 3. The van der Waals surface area contributed by atoms with Crippen molar-refractivity contribution in [1.29, 1.82) is 0 Å². The lowest BCUT2D eigenvalue weighted by Crippen LogP contribution is -2.16. The molecule has 6 nitrogen and oxygen atoms in total. The van der Waals surface area contributed by atoms with Crippen LogP contribution in [0.25, 0.3) is 0 Å². The monoisotopic (exact) mass is 494 g/mol. The standard InChI is InChI=1S/C26H26N2O4S2/c1-32-26(31)24-20-12-5-6-13-21(20)34-25(24)28-23(30)16-33-19-11-7-10-18(15-19)27-22(29)14-17-8-3-2-4-9-17/h2-4,7-11,15H,5-6,12-14,16H2,1H3,(H,27,29)(H,28,30). The first kappa shape index (κ1) is 24.0. The van der Waals surface area contributed by atoms with E-state index in [9.17, 15) is 14.4 Å². The van der Waals surface area contributed by atoms with E-state index in [0.29, 0.717) is 22.7 Å². The van der Waals surface area contributed by atoms with Crippen LogP contribution in [0.2, 0.25) is 0 Å². The highest BCUT2D eigenvalue weighted by atomic mass is 32.2. The Labute approximate surface area is 207 Å². The Bertz CT molecular complexity index is 1190. The van der Waals surface area contributed by atoms with Crippen LogP contribution >= 0.6 is 23.1 Å². The number of methoxy groups -OCH3 is 1. The number of hydrogen-bond acceptors (Lipinski definition) is 6. The molecular formula is C26H26N2O4S2. The van der Waals surface area contributed by atoms with Gasteiger partial charge in [0.1, 0.15) is 5.00 Å². The summed E-state index contributed by atoms with van der Waals surface area (Å²) in [7, 11) is 1.36. The Kier molecular flexibility index (Phi) is 8.03. The molecule has 0 bridgehead atoms. The minimum absolute atomic E-state index is 0.0944. The van der Waals surface area contributed by atoms with Gasteiger partial charge in [0.05, 0.1) is 24.8 Å². The summed E-state index contributed by atoms with van der Waals surface area (Å²) in [6.45, 7) is 0. The zero-order valence-corrected chi connectivity index (χ0v) is 20.5. The largest absolute Gasteiger partial charge is 0.465 e. The molecule has 0 saturated carbocycles. The third kappa shape index (κ3) is 6.07. The zero-order valence-electron chi connectivity index (χ0n) is 18.9. The summed E-state index contributed by atoms with van der Waals surface area (Å²) in [5.74, 6) is -0.499. The molecular weight excluding hydrogens is 468 g/mol. The molecule has 0 atom stereocenters. The topological polar surface area (TPSA) is 84.5 Å². The van der Waals surface area contributed by atoms with Crippen LogP contribution in [0.3, 0.4) is 0 Å². The lowest BCUT2D eigenvalue weighted by atomic mass is 9.95. The number of ether oxygens (including phenoxy) is 1. The van der Waals surface area contributed by atoms with Gasteiger partial charge in [-0.3, -0.25) is 9.59 Å². The molecule has 0 saturated heterocycles. The highest BCUT2D eigenvalue weighted by Gasteiger charge is 2.26. The van der Waals surface area contributed by atoms with E-state index in [2.05, 4.69) is 10.6 Å². The van der Waals surface area contributed by atoms with Crippen molar-refractivity contribution in [3.05, 3.63) is 76.2 Å². The molecule has 0 unspecified atom stereocenters. The van der Waals surface area contributed by atoms with Gasteiger partial charge in [0.25, 0.3) is 0 Å². The molecule has 2 N–H and O–H groups in total. The average Bonchev–Trinajstić information content (AvgIpc) is 3.20. The molecule has 1 aromatic heterocycles. The number of esters is 1. The number of aryl methyl sites for hydroxylation is 1. The van der Waals surface area contributed by atoms with Gasteiger partial charge in [-0.05, 0) is 55.0 Å². The molecule has 0 radical (unpaired) electrons. The van der Waals surface area contributed by atoms with Crippen molar-refractivity contribution in [1.82, 2.24) is 0 Å². The predicted octanol–water partition coefficient (Wildman–Crippen LogP) is 5.33. The van der Waals surface area contributed by atoms with Crippen molar-refractivity contribution >= 4 is 51.6 Å². The Morgan fingerprint density at radius 3 is 2.56 bits per heavy atom. The maximum absolute atomic E-state index is 12.7. The SMILES string of the molecule is COC(=O)c1c(NC(=O)CSc2cccc(NC(=O)Cc3ccccc3)c2)sc2c1CCCC2. The summed E-state index contributed by atoms with van der Waals surface area (Å²) in [6, 6.07) is 17.0. The van der Waals surface area contributed by atoms with Crippen LogP contribution in [0.4, 0.5) is 10.7 Å². The smallest absolute Gasteiger partial charge is 0.341 e. The summed E-state index contributed by atoms with van der Waals surface area (Å²) in [5.41, 5.74) is 3.16. The van der Waals surface area contributed by atoms with Crippen LogP contribution in [0.1, 0.15) is 39.2 Å². The van der Waals surface area contributed by atoms with Crippen molar-refractivity contribution in [2.75, 3.05) is 23.5 Å². The van der Waals surface area contributed by atoms with Gasteiger partial charge in [0.2, 0.25) is 11.8 Å². The first-order valence-corrected chi connectivity index (χ1v) is 12.9. The number of hydrogen-bond donors (Lipinski definition) is 2. The molecule has 1 aliphatic carbocycles. The van der Waals surface area contributed by atoms with Crippen LogP contribution in [0, 0.1) is 0 Å². The van der Waals surface area contributed by atoms with Crippen molar-refractivity contribution in [3.8, 4) is 0 Å². The Hall–Kier alpha value is -3.10. The molecule has 34 heavy (non-hydrogen) atoms. The van der Waals surface area contributed by atoms with E-state index in [0.717, 1.165) is 46.6 Å². The van der Waals surface area contributed by atoms with Gasteiger partial charge in [0.15, 0.2) is 0 Å². The van der Waals surface area contributed by atoms with Gasteiger partial charge >= 0.3 is 5.97 Å². The van der Waals surface area contributed by atoms with Gasteiger partial charge in [0, 0.05) is 15.5 Å². The summed E-state index contributed by atoms with van der Waals surface area (Å²) in [4.78, 5) is 39.4. The van der Waals surface area contributed by atoms with Crippen molar-refractivity contribution in [2.45, 2.75) is 37.0 Å². The molecule has 1 aliphatic rings. The van der Waals surface area contributed by atoms with Gasteiger partial charge < -0.3 is 15.4 Å². The maximum Gasteiger partial charge on any atom is 0.341 e. The second-order valence-electron chi connectivity index (χ2n) is 7.98. The third-order valence-corrected chi connectivity index (χ3v) is 7.71. The Morgan fingerprint density at radius 1 is 0.971 bits per heavy atom. The van der Waals surface area contributed by atoms with Gasteiger partial charge in [-0.2, -0.15) is 0 Å². The predicted molar refractivity (Wildman–Crippen MR) is 137 cm³/mol. The molecule has 4 rings (SSSR count). The van der Waals surface area contributed by atoms with Crippen LogP contribution in [0.5, 0.6) is 0 Å². The van der Waals surface area contributed by atoms with Gasteiger partial charge in [-0.1, -0.05) is 36.4 Å². The number of benzene rings is 2. The fraction of sp³-hybridized carbons (Fsp3) is 0.269. The normalized spacial score (nSPS) is 12.5. The molecule has 2 aromatic carbocycles. The zero-order chi connectivity index (χ0) is 23.9. The molecule has 3 aromatic rings. The van der Waals surface area contributed by atoms with Crippen LogP contribution < -0.4 is 10.6 Å². The fourth-order valence-electron chi connectivity index (χ4n) is 3.93. The quantitative estimate of drug-likeness (QED) is 0.327. The third-order valence-electron chi connectivity index (χ3n) is 5.51. The Morgan fingerprint density at radius 2 is 1.76 bits per heavy atom. The number of anilines is 2. The molecule has 176 valence electrons. The van der Waals surface area contributed by atoms with E-state index in [1.807, 2.05) is 54.6 Å². The van der Waals surface area contributed by atoms with E-state index in [1.165, 1.54) is 30.2 Å². The Balaban J connectivity index is 1.35. The molecule has 1 heterocycles. The highest BCUT2D eigenvalue weighted by Crippen LogP contribution is 2.38. The van der Waals surface area contributed by atoms with E-state index in [-0.39, 0.29) is 17.6 Å². The molecule has 8 heteroatoms. The second kappa shape index (κ2) is 11.4.